The van der Waals surface area contributed by atoms with Crippen molar-refractivity contribution in [3.05, 3.63) is 35.9 Å². The number of aliphatic hydroxyl groups is 1. The lowest BCUT2D eigenvalue weighted by molar-refractivity contribution is 0.0665. The number of carbonyl (C=O) groups is 1. The molecule has 1 aromatic rings. The first-order valence-corrected chi connectivity index (χ1v) is 6.52. The van der Waals surface area contributed by atoms with Crippen molar-refractivity contribution < 1.29 is 14.6 Å². The molecule has 0 unspecified atom stereocenters. The third kappa shape index (κ3) is 3.68. The number of rotatable bonds is 3. The molecule has 0 aromatic heterocycles. The van der Waals surface area contributed by atoms with E-state index >= 15 is 0 Å². The summed E-state index contributed by atoms with van der Waals surface area (Å²) in [6.07, 6.45) is 0.383. The highest BCUT2D eigenvalue weighted by Crippen LogP contribution is 2.16. The fourth-order valence-corrected chi connectivity index (χ4v) is 2.23. The first kappa shape index (κ1) is 13.8. The molecular weight excluding hydrogens is 244 g/mol. The molecule has 0 radical (unpaired) electrons. The van der Waals surface area contributed by atoms with Gasteiger partial charge in [-0.05, 0) is 12.0 Å². The van der Waals surface area contributed by atoms with Crippen LogP contribution in [0.3, 0.4) is 0 Å². The number of carbonyl (C=O) groups excluding carboxylic acids is 1. The lowest BCUT2D eigenvalue weighted by atomic mass is 9.93. The molecule has 1 saturated heterocycles. The number of nitrogens with zero attached hydrogens (tertiary/aromatic N) is 1. The Kier molecular flexibility index (Phi) is 4.76. The summed E-state index contributed by atoms with van der Waals surface area (Å²) < 4.78 is 5.25. The third-order valence-electron chi connectivity index (χ3n) is 3.50. The number of nitrogens with two attached hydrogens (primary N) is 1. The Morgan fingerprint density at radius 1 is 1.42 bits per heavy atom. The van der Waals surface area contributed by atoms with Crippen LogP contribution in [-0.4, -0.2) is 41.8 Å². The largest absolute Gasteiger partial charge is 0.445 e. The smallest absolute Gasteiger partial charge is 0.410 e. The van der Waals surface area contributed by atoms with Crippen LogP contribution in [0.25, 0.3) is 0 Å². The lowest BCUT2D eigenvalue weighted by Gasteiger charge is -2.35. The van der Waals surface area contributed by atoms with E-state index in [0.29, 0.717) is 13.1 Å². The molecule has 19 heavy (non-hydrogen) atoms. The number of hydrogen-bond donors (Lipinski definition) is 2. The molecule has 2 atom stereocenters. The maximum Gasteiger partial charge on any atom is 0.410 e. The van der Waals surface area contributed by atoms with Crippen molar-refractivity contribution in [3.8, 4) is 0 Å². The first-order valence-electron chi connectivity index (χ1n) is 6.52. The zero-order valence-corrected chi connectivity index (χ0v) is 10.9. The summed E-state index contributed by atoms with van der Waals surface area (Å²) in [4.78, 5) is 13.5. The molecule has 0 aliphatic carbocycles. The van der Waals surface area contributed by atoms with Crippen molar-refractivity contribution >= 4 is 6.09 Å². The minimum absolute atomic E-state index is 0.0775. The number of benzene rings is 1. The number of likely N-dealkylation sites (tertiary alicyclic amines) is 1. The van der Waals surface area contributed by atoms with Crippen LogP contribution < -0.4 is 5.73 Å². The van der Waals surface area contributed by atoms with Crippen molar-refractivity contribution in [3.63, 3.8) is 0 Å². The summed E-state index contributed by atoms with van der Waals surface area (Å²) in [5, 5.41) is 9.12. The van der Waals surface area contributed by atoms with Gasteiger partial charge in [-0.25, -0.2) is 4.79 Å². The Morgan fingerprint density at radius 3 is 2.79 bits per heavy atom. The van der Waals surface area contributed by atoms with Gasteiger partial charge in [0.15, 0.2) is 0 Å². The SMILES string of the molecule is N[C@H]1CN(C(=O)OCc2ccccc2)CC[C@@H]1CO. The summed E-state index contributed by atoms with van der Waals surface area (Å²) in [5.41, 5.74) is 6.88. The van der Waals surface area contributed by atoms with Crippen LogP contribution in [0.2, 0.25) is 0 Å². The highest BCUT2D eigenvalue weighted by atomic mass is 16.6. The second kappa shape index (κ2) is 6.54. The predicted molar refractivity (Wildman–Crippen MR) is 71.4 cm³/mol. The van der Waals surface area contributed by atoms with Crippen LogP contribution in [-0.2, 0) is 11.3 Å². The maximum atomic E-state index is 11.9. The Hall–Kier alpha value is -1.59. The standard InChI is InChI=1S/C14H20N2O3/c15-13-8-16(7-6-12(13)9-17)14(18)19-10-11-4-2-1-3-5-11/h1-5,12-13,17H,6-10,15H2/t12-,13+/m1/s1. The molecule has 3 N–H and O–H groups in total. The van der Waals surface area contributed by atoms with E-state index in [1.807, 2.05) is 30.3 Å². The third-order valence-corrected chi connectivity index (χ3v) is 3.50. The summed E-state index contributed by atoms with van der Waals surface area (Å²) in [6, 6.07) is 9.39. The fraction of sp³-hybridized carbons (Fsp3) is 0.500. The Bertz CT molecular complexity index is 410. The van der Waals surface area contributed by atoms with Gasteiger partial charge in [0.25, 0.3) is 0 Å². The van der Waals surface area contributed by atoms with Gasteiger partial charge < -0.3 is 20.5 Å². The highest BCUT2D eigenvalue weighted by Gasteiger charge is 2.29. The topological polar surface area (TPSA) is 75.8 Å². The molecule has 1 aliphatic heterocycles. The van der Waals surface area contributed by atoms with Crippen molar-refractivity contribution in [2.24, 2.45) is 11.7 Å². The van der Waals surface area contributed by atoms with E-state index in [-0.39, 0.29) is 31.3 Å². The molecule has 0 saturated carbocycles. The molecule has 0 spiro atoms. The number of hydrogen-bond acceptors (Lipinski definition) is 4. The van der Waals surface area contributed by atoms with E-state index in [9.17, 15) is 4.79 Å². The van der Waals surface area contributed by atoms with Crippen LogP contribution in [0.15, 0.2) is 30.3 Å². The molecule has 2 rings (SSSR count). The van der Waals surface area contributed by atoms with Crippen molar-refractivity contribution in [1.29, 1.82) is 0 Å². The molecule has 104 valence electrons. The van der Waals surface area contributed by atoms with Gasteiger partial charge in [-0.3, -0.25) is 0 Å². The molecule has 5 heteroatoms. The van der Waals surface area contributed by atoms with Crippen LogP contribution in [0.1, 0.15) is 12.0 Å². The quantitative estimate of drug-likeness (QED) is 0.852. The zero-order valence-electron chi connectivity index (χ0n) is 10.9. The van der Waals surface area contributed by atoms with Gasteiger partial charge in [0, 0.05) is 31.7 Å². The summed E-state index contributed by atoms with van der Waals surface area (Å²) in [5.74, 6) is 0.0816. The van der Waals surface area contributed by atoms with Crippen LogP contribution >= 0.6 is 0 Å². The number of piperidine rings is 1. The average molecular weight is 264 g/mol. The minimum Gasteiger partial charge on any atom is -0.445 e. The second-order valence-electron chi connectivity index (χ2n) is 4.88. The van der Waals surface area contributed by atoms with E-state index in [0.717, 1.165) is 12.0 Å². The monoisotopic (exact) mass is 264 g/mol. The first-order chi connectivity index (χ1) is 9.20. The van der Waals surface area contributed by atoms with Gasteiger partial charge >= 0.3 is 6.09 Å². The van der Waals surface area contributed by atoms with Gasteiger partial charge in [0.05, 0.1) is 0 Å². The van der Waals surface area contributed by atoms with Crippen LogP contribution in [0, 0.1) is 5.92 Å². The fourth-order valence-electron chi connectivity index (χ4n) is 2.23. The molecule has 0 bridgehead atoms. The molecular formula is C14H20N2O3. The van der Waals surface area contributed by atoms with Gasteiger partial charge in [0.2, 0.25) is 0 Å². The van der Waals surface area contributed by atoms with Gasteiger partial charge in [-0.1, -0.05) is 30.3 Å². The van der Waals surface area contributed by atoms with Gasteiger partial charge in [-0.15, -0.1) is 0 Å². The maximum absolute atomic E-state index is 11.9. The molecule has 1 fully saturated rings. The van der Waals surface area contributed by atoms with Crippen LogP contribution in [0.4, 0.5) is 4.79 Å². The van der Waals surface area contributed by atoms with E-state index < -0.39 is 0 Å². The van der Waals surface area contributed by atoms with E-state index in [1.54, 1.807) is 4.90 Å². The van der Waals surface area contributed by atoms with E-state index in [4.69, 9.17) is 15.6 Å². The number of amides is 1. The second-order valence-corrected chi connectivity index (χ2v) is 4.88. The number of ether oxygens (including phenoxy) is 1. The highest BCUT2D eigenvalue weighted by molar-refractivity contribution is 5.67. The number of aliphatic hydroxyl groups excluding tert-OH is 1. The van der Waals surface area contributed by atoms with Gasteiger partial charge in [0.1, 0.15) is 6.61 Å². The molecule has 1 aliphatic rings. The summed E-state index contributed by atoms with van der Waals surface area (Å²) >= 11 is 0. The normalized spacial score (nSPS) is 23.2. The lowest BCUT2D eigenvalue weighted by Crippen LogP contribution is -2.51. The van der Waals surface area contributed by atoms with Crippen molar-refractivity contribution in [2.45, 2.75) is 19.1 Å². The Balaban J connectivity index is 1.81. The van der Waals surface area contributed by atoms with E-state index in [1.165, 1.54) is 0 Å². The zero-order chi connectivity index (χ0) is 13.7. The summed E-state index contributed by atoms with van der Waals surface area (Å²) in [6.45, 7) is 1.38. The Labute approximate surface area is 113 Å². The van der Waals surface area contributed by atoms with Crippen molar-refractivity contribution in [1.82, 2.24) is 4.90 Å². The molecule has 5 nitrogen and oxygen atoms in total. The van der Waals surface area contributed by atoms with Gasteiger partial charge in [-0.2, -0.15) is 0 Å². The molecule has 1 aromatic carbocycles. The van der Waals surface area contributed by atoms with E-state index in [2.05, 4.69) is 0 Å². The minimum atomic E-state index is -0.337. The molecule has 1 heterocycles. The van der Waals surface area contributed by atoms with Crippen molar-refractivity contribution in [2.75, 3.05) is 19.7 Å². The Morgan fingerprint density at radius 2 is 2.16 bits per heavy atom. The predicted octanol–water partition coefficient (Wildman–Crippen LogP) is 0.965. The molecule has 1 amide bonds. The van der Waals surface area contributed by atoms with Crippen LogP contribution in [0.5, 0.6) is 0 Å². The average Bonchev–Trinajstić information content (AvgIpc) is 2.45. The summed E-state index contributed by atoms with van der Waals surface area (Å²) in [7, 11) is 0.